The fraction of sp³-hybridized carbons (Fsp3) is 1.00. The molecule has 1 aliphatic heterocycles. The number of morpholine rings is 1. The molecule has 0 aromatic heterocycles. The van der Waals surface area contributed by atoms with Crippen molar-refractivity contribution in [3.05, 3.63) is 0 Å². The summed E-state index contributed by atoms with van der Waals surface area (Å²) in [5.41, 5.74) is 0. The van der Waals surface area contributed by atoms with Gasteiger partial charge in [0.05, 0.1) is 12.2 Å². The summed E-state index contributed by atoms with van der Waals surface area (Å²) in [6, 6.07) is 0.843. The quantitative estimate of drug-likeness (QED) is 0.661. The molecule has 0 bridgehead atoms. The summed E-state index contributed by atoms with van der Waals surface area (Å²) >= 11 is 0. The van der Waals surface area contributed by atoms with E-state index in [1.807, 2.05) is 0 Å². The molecular formula is C13H25NO. The van der Waals surface area contributed by atoms with E-state index in [0.29, 0.717) is 12.2 Å². The maximum absolute atomic E-state index is 5.79. The average Bonchev–Trinajstić information content (AvgIpc) is 2.17. The summed E-state index contributed by atoms with van der Waals surface area (Å²) in [5.74, 6) is 0.956. The van der Waals surface area contributed by atoms with E-state index in [1.165, 1.54) is 25.7 Å². The van der Waals surface area contributed by atoms with Crippen LogP contribution in [0.5, 0.6) is 0 Å². The van der Waals surface area contributed by atoms with Gasteiger partial charge in [0.2, 0.25) is 0 Å². The molecule has 0 aromatic carbocycles. The van der Waals surface area contributed by atoms with Gasteiger partial charge in [0.25, 0.3) is 0 Å². The van der Waals surface area contributed by atoms with E-state index in [2.05, 4.69) is 25.7 Å². The highest BCUT2D eigenvalue weighted by atomic mass is 16.5. The van der Waals surface area contributed by atoms with Crippen LogP contribution in [-0.2, 0) is 4.74 Å². The molecule has 2 atom stereocenters. The molecule has 2 nitrogen and oxygen atoms in total. The maximum Gasteiger partial charge on any atom is 0.0678 e. The SMILES string of the molecule is CC1CCC(N2CC(C)OC(C)C2)CC1. The van der Waals surface area contributed by atoms with Gasteiger partial charge < -0.3 is 4.74 Å². The van der Waals surface area contributed by atoms with Crippen LogP contribution in [-0.4, -0.2) is 36.2 Å². The third-order valence-electron chi connectivity index (χ3n) is 3.95. The molecule has 1 saturated heterocycles. The topological polar surface area (TPSA) is 12.5 Å². The second-order valence-corrected chi connectivity index (χ2v) is 5.62. The maximum atomic E-state index is 5.79. The van der Waals surface area contributed by atoms with E-state index in [1.54, 1.807) is 0 Å². The number of hydrogen-bond acceptors (Lipinski definition) is 2. The molecule has 1 saturated carbocycles. The zero-order valence-electron chi connectivity index (χ0n) is 10.4. The van der Waals surface area contributed by atoms with Gasteiger partial charge in [-0.1, -0.05) is 6.92 Å². The van der Waals surface area contributed by atoms with Gasteiger partial charge in [0.15, 0.2) is 0 Å². The highest BCUT2D eigenvalue weighted by Gasteiger charge is 2.29. The third-order valence-corrected chi connectivity index (χ3v) is 3.95. The van der Waals surface area contributed by atoms with Crippen molar-refractivity contribution in [2.24, 2.45) is 5.92 Å². The van der Waals surface area contributed by atoms with E-state index in [4.69, 9.17) is 4.74 Å². The molecule has 15 heavy (non-hydrogen) atoms. The van der Waals surface area contributed by atoms with Crippen LogP contribution in [0.25, 0.3) is 0 Å². The molecule has 1 aliphatic carbocycles. The van der Waals surface area contributed by atoms with E-state index in [9.17, 15) is 0 Å². The Balaban J connectivity index is 1.87. The molecule has 0 N–H and O–H groups in total. The average molecular weight is 211 g/mol. The van der Waals surface area contributed by atoms with Crippen LogP contribution in [0.4, 0.5) is 0 Å². The van der Waals surface area contributed by atoms with Gasteiger partial charge in [-0.05, 0) is 45.4 Å². The van der Waals surface area contributed by atoms with Gasteiger partial charge in [0.1, 0.15) is 0 Å². The molecule has 0 amide bonds. The monoisotopic (exact) mass is 211 g/mol. The van der Waals surface area contributed by atoms with Crippen LogP contribution in [0.3, 0.4) is 0 Å². The first kappa shape index (κ1) is 11.4. The van der Waals surface area contributed by atoms with Crippen molar-refractivity contribution in [1.29, 1.82) is 0 Å². The van der Waals surface area contributed by atoms with Crippen molar-refractivity contribution in [1.82, 2.24) is 4.90 Å². The van der Waals surface area contributed by atoms with E-state index in [-0.39, 0.29) is 0 Å². The Morgan fingerprint density at radius 1 is 0.867 bits per heavy atom. The molecule has 0 radical (unpaired) electrons. The molecule has 2 fully saturated rings. The Bertz CT molecular complexity index is 189. The molecule has 0 aromatic rings. The number of nitrogens with zero attached hydrogens (tertiary/aromatic N) is 1. The highest BCUT2D eigenvalue weighted by molar-refractivity contribution is 4.83. The Kier molecular flexibility index (Phi) is 3.68. The fourth-order valence-corrected chi connectivity index (χ4v) is 3.12. The minimum Gasteiger partial charge on any atom is -0.373 e. The largest absolute Gasteiger partial charge is 0.373 e. The van der Waals surface area contributed by atoms with Gasteiger partial charge in [-0.2, -0.15) is 0 Å². The van der Waals surface area contributed by atoms with Crippen molar-refractivity contribution in [2.45, 2.75) is 64.7 Å². The van der Waals surface area contributed by atoms with Gasteiger partial charge in [-0.25, -0.2) is 0 Å². The van der Waals surface area contributed by atoms with Crippen LogP contribution in [0, 0.1) is 5.92 Å². The lowest BCUT2D eigenvalue weighted by Gasteiger charge is -2.42. The predicted molar refractivity (Wildman–Crippen MR) is 63.0 cm³/mol. The Morgan fingerprint density at radius 3 is 1.93 bits per heavy atom. The normalized spacial score (nSPS) is 44.2. The van der Waals surface area contributed by atoms with Gasteiger partial charge in [-0.15, -0.1) is 0 Å². The van der Waals surface area contributed by atoms with Crippen molar-refractivity contribution in [2.75, 3.05) is 13.1 Å². The molecule has 88 valence electrons. The Hall–Kier alpha value is -0.0800. The standard InChI is InChI=1S/C13H25NO/c1-10-4-6-13(7-5-10)14-8-11(2)15-12(3)9-14/h10-13H,4-9H2,1-3H3. The molecule has 2 heteroatoms. The second kappa shape index (κ2) is 4.84. The number of hydrogen-bond donors (Lipinski definition) is 0. The van der Waals surface area contributed by atoms with Crippen molar-refractivity contribution < 1.29 is 4.74 Å². The molecular weight excluding hydrogens is 186 g/mol. The van der Waals surface area contributed by atoms with E-state index in [0.717, 1.165) is 25.0 Å². The molecule has 1 heterocycles. The minimum absolute atomic E-state index is 0.424. The zero-order valence-corrected chi connectivity index (χ0v) is 10.4. The van der Waals surface area contributed by atoms with Crippen molar-refractivity contribution in [3.8, 4) is 0 Å². The predicted octanol–water partition coefficient (Wildman–Crippen LogP) is 2.67. The highest BCUT2D eigenvalue weighted by Crippen LogP contribution is 2.28. The molecule has 2 rings (SSSR count). The van der Waals surface area contributed by atoms with E-state index < -0.39 is 0 Å². The van der Waals surface area contributed by atoms with Gasteiger partial charge >= 0.3 is 0 Å². The fourth-order valence-electron chi connectivity index (χ4n) is 3.12. The van der Waals surface area contributed by atoms with Gasteiger partial charge in [-0.3, -0.25) is 4.90 Å². The molecule has 0 spiro atoms. The number of ether oxygens (including phenoxy) is 1. The summed E-state index contributed by atoms with van der Waals surface area (Å²) < 4.78 is 5.79. The summed E-state index contributed by atoms with van der Waals surface area (Å²) in [7, 11) is 0. The molecule has 2 unspecified atom stereocenters. The van der Waals surface area contributed by atoms with Crippen LogP contribution in [0.1, 0.15) is 46.5 Å². The van der Waals surface area contributed by atoms with Crippen LogP contribution >= 0.6 is 0 Å². The lowest BCUT2D eigenvalue weighted by Crippen LogP contribution is -2.50. The summed E-state index contributed by atoms with van der Waals surface area (Å²) in [6.07, 6.45) is 6.50. The smallest absolute Gasteiger partial charge is 0.0678 e. The Morgan fingerprint density at radius 2 is 1.40 bits per heavy atom. The Labute approximate surface area is 94.0 Å². The first-order valence-corrected chi connectivity index (χ1v) is 6.54. The van der Waals surface area contributed by atoms with Crippen LogP contribution in [0.2, 0.25) is 0 Å². The zero-order chi connectivity index (χ0) is 10.8. The minimum atomic E-state index is 0.424. The third kappa shape index (κ3) is 2.94. The first-order valence-electron chi connectivity index (χ1n) is 6.54. The van der Waals surface area contributed by atoms with E-state index >= 15 is 0 Å². The second-order valence-electron chi connectivity index (χ2n) is 5.62. The lowest BCUT2D eigenvalue weighted by molar-refractivity contribution is -0.0850. The number of rotatable bonds is 1. The summed E-state index contributed by atoms with van der Waals surface area (Å²) in [4.78, 5) is 2.67. The summed E-state index contributed by atoms with van der Waals surface area (Å²) in [6.45, 7) is 9.08. The van der Waals surface area contributed by atoms with Gasteiger partial charge in [0, 0.05) is 19.1 Å². The summed E-state index contributed by atoms with van der Waals surface area (Å²) in [5, 5.41) is 0. The molecule has 2 aliphatic rings. The van der Waals surface area contributed by atoms with Crippen LogP contribution < -0.4 is 0 Å². The van der Waals surface area contributed by atoms with Crippen LogP contribution in [0.15, 0.2) is 0 Å². The van der Waals surface area contributed by atoms with Crippen molar-refractivity contribution in [3.63, 3.8) is 0 Å². The van der Waals surface area contributed by atoms with Crippen molar-refractivity contribution >= 4 is 0 Å². The first-order chi connectivity index (χ1) is 7.15. The lowest BCUT2D eigenvalue weighted by atomic mass is 9.86.